The van der Waals surface area contributed by atoms with Gasteiger partial charge in [-0.3, -0.25) is 0 Å². The highest BCUT2D eigenvalue weighted by molar-refractivity contribution is 4.88. The molecule has 1 aliphatic rings. The van der Waals surface area contributed by atoms with Crippen molar-refractivity contribution in [3.8, 4) is 0 Å². The maximum Gasteiger partial charge on any atom is 0.273 e. The van der Waals surface area contributed by atoms with E-state index in [4.69, 9.17) is 5.11 Å². The van der Waals surface area contributed by atoms with E-state index in [1.807, 2.05) is 0 Å². The maximum absolute atomic E-state index is 12.3. The zero-order valence-corrected chi connectivity index (χ0v) is 5.27. The molecule has 54 valence electrons. The van der Waals surface area contributed by atoms with Crippen LogP contribution < -0.4 is 0 Å². The maximum atomic E-state index is 12.3. The third-order valence-electron chi connectivity index (χ3n) is 1.90. The van der Waals surface area contributed by atoms with Crippen LogP contribution in [0, 0.1) is 5.92 Å². The average molecular weight is 136 g/mol. The topological polar surface area (TPSA) is 20.2 Å². The molecule has 0 aliphatic heterocycles. The molecule has 0 saturated heterocycles. The summed E-state index contributed by atoms with van der Waals surface area (Å²) in [7, 11) is 0. The molecule has 0 unspecified atom stereocenters. The van der Waals surface area contributed by atoms with Gasteiger partial charge in [0.25, 0.3) is 5.92 Å². The quantitative estimate of drug-likeness (QED) is 0.533. The summed E-state index contributed by atoms with van der Waals surface area (Å²) in [5.74, 6) is -3.06. The molecule has 1 aliphatic carbocycles. The summed E-state index contributed by atoms with van der Waals surface area (Å²) >= 11 is 0. The lowest BCUT2D eigenvalue weighted by molar-refractivity contribution is -0.0960. The predicted octanol–water partition coefficient (Wildman–Crippen LogP) is 1.41. The van der Waals surface area contributed by atoms with Gasteiger partial charge < -0.3 is 5.11 Å². The van der Waals surface area contributed by atoms with Gasteiger partial charge in [0.15, 0.2) is 0 Å². The van der Waals surface area contributed by atoms with Crippen LogP contribution >= 0.6 is 0 Å². The summed E-state index contributed by atoms with van der Waals surface area (Å²) in [5, 5.41) is 8.78. The smallest absolute Gasteiger partial charge is 0.273 e. The third kappa shape index (κ3) is 1.06. The second kappa shape index (κ2) is 1.90. The fourth-order valence-electron chi connectivity index (χ4n) is 1.14. The Morgan fingerprint density at radius 1 is 1.56 bits per heavy atom. The highest BCUT2D eigenvalue weighted by Gasteiger charge is 2.46. The molecule has 0 aromatic rings. The van der Waals surface area contributed by atoms with Crippen LogP contribution in [0.2, 0.25) is 0 Å². The van der Waals surface area contributed by atoms with E-state index in [0.717, 1.165) is 0 Å². The van der Waals surface area contributed by atoms with Crippen molar-refractivity contribution in [2.45, 2.75) is 31.8 Å². The molecule has 0 spiro atoms. The van der Waals surface area contributed by atoms with Crippen LogP contribution in [-0.2, 0) is 0 Å². The Hall–Kier alpha value is -0.180. The first-order valence-electron chi connectivity index (χ1n) is 3.10. The van der Waals surface area contributed by atoms with Gasteiger partial charge in [0.1, 0.15) is 6.10 Å². The predicted molar refractivity (Wildman–Crippen MR) is 29.4 cm³/mol. The first-order chi connectivity index (χ1) is 4.04. The second-order valence-corrected chi connectivity index (χ2v) is 2.72. The molecule has 0 heterocycles. The van der Waals surface area contributed by atoms with Gasteiger partial charge in [-0.2, -0.15) is 0 Å². The summed E-state index contributed by atoms with van der Waals surface area (Å²) in [6, 6.07) is 0. The molecule has 1 nitrogen and oxygen atoms in total. The van der Waals surface area contributed by atoms with E-state index < -0.39 is 12.0 Å². The third-order valence-corrected chi connectivity index (χ3v) is 1.90. The lowest BCUT2D eigenvalue weighted by Crippen LogP contribution is -2.30. The summed E-state index contributed by atoms with van der Waals surface area (Å²) in [5.41, 5.74) is 0. The molecule has 1 N–H and O–H groups in total. The monoisotopic (exact) mass is 136 g/mol. The number of rotatable bonds is 0. The first kappa shape index (κ1) is 6.93. The molecule has 1 saturated carbocycles. The highest BCUT2D eigenvalue weighted by atomic mass is 19.3. The van der Waals surface area contributed by atoms with E-state index in [2.05, 4.69) is 0 Å². The van der Waals surface area contributed by atoms with Crippen LogP contribution in [0.25, 0.3) is 0 Å². The van der Waals surface area contributed by atoms with Crippen molar-refractivity contribution >= 4 is 0 Å². The fourth-order valence-corrected chi connectivity index (χ4v) is 1.14. The minimum Gasteiger partial charge on any atom is -0.387 e. The second-order valence-electron chi connectivity index (χ2n) is 2.72. The normalized spacial score (nSPS) is 41.3. The van der Waals surface area contributed by atoms with E-state index in [1.165, 1.54) is 0 Å². The Bertz CT molecular complexity index is 114. The number of alkyl halides is 2. The van der Waals surface area contributed by atoms with Crippen LogP contribution in [0.4, 0.5) is 8.78 Å². The van der Waals surface area contributed by atoms with Gasteiger partial charge in [-0.15, -0.1) is 0 Å². The largest absolute Gasteiger partial charge is 0.387 e. The zero-order chi connectivity index (χ0) is 7.07. The van der Waals surface area contributed by atoms with Crippen molar-refractivity contribution in [3.05, 3.63) is 0 Å². The Morgan fingerprint density at radius 2 is 2.11 bits per heavy atom. The zero-order valence-electron chi connectivity index (χ0n) is 5.27. The van der Waals surface area contributed by atoms with Gasteiger partial charge in [-0.05, 0) is 12.3 Å². The van der Waals surface area contributed by atoms with E-state index in [9.17, 15) is 8.78 Å². The molecule has 0 bridgehead atoms. The SMILES string of the molecule is C[C@@H]1CCC(F)(F)[C@@H]1O. The van der Waals surface area contributed by atoms with Crippen LogP contribution in [0.15, 0.2) is 0 Å². The van der Waals surface area contributed by atoms with E-state index in [0.29, 0.717) is 6.42 Å². The van der Waals surface area contributed by atoms with Gasteiger partial charge in [0.05, 0.1) is 0 Å². The van der Waals surface area contributed by atoms with E-state index >= 15 is 0 Å². The van der Waals surface area contributed by atoms with Gasteiger partial charge in [0, 0.05) is 6.42 Å². The Morgan fingerprint density at radius 3 is 2.22 bits per heavy atom. The number of aliphatic hydroxyl groups is 1. The molecule has 2 atom stereocenters. The van der Waals surface area contributed by atoms with Crippen molar-refractivity contribution in [1.29, 1.82) is 0 Å². The Kier molecular flexibility index (Phi) is 1.47. The molecule has 1 fully saturated rings. The number of hydrogen-bond acceptors (Lipinski definition) is 1. The molecular formula is C6H10F2O. The number of hydrogen-bond donors (Lipinski definition) is 1. The number of halogens is 2. The lowest BCUT2D eigenvalue weighted by Gasteiger charge is -2.14. The molecule has 9 heavy (non-hydrogen) atoms. The van der Waals surface area contributed by atoms with Gasteiger partial charge in [0.2, 0.25) is 0 Å². The van der Waals surface area contributed by atoms with Crippen molar-refractivity contribution in [2.24, 2.45) is 5.92 Å². The fraction of sp³-hybridized carbons (Fsp3) is 1.00. The summed E-state index contributed by atoms with van der Waals surface area (Å²) < 4.78 is 24.7. The van der Waals surface area contributed by atoms with Gasteiger partial charge in [-0.25, -0.2) is 8.78 Å². The molecule has 0 aromatic carbocycles. The van der Waals surface area contributed by atoms with Crippen molar-refractivity contribution in [2.75, 3.05) is 0 Å². The minimum atomic E-state index is -2.82. The number of aliphatic hydroxyl groups excluding tert-OH is 1. The van der Waals surface area contributed by atoms with Gasteiger partial charge >= 0.3 is 0 Å². The van der Waals surface area contributed by atoms with Crippen LogP contribution in [0.1, 0.15) is 19.8 Å². The summed E-state index contributed by atoms with van der Waals surface area (Å²) in [6.45, 7) is 1.64. The summed E-state index contributed by atoms with van der Waals surface area (Å²) in [6.07, 6.45) is -1.12. The Labute approximate surface area is 52.7 Å². The van der Waals surface area contributed by atoms with E-state index in [1.54, 1.807) is 6.92 Å². The minimum absolute atomic E-state index is 0.157. The molecule has 0 aromatic heterocycles. The van der Waals surface area contributed by atoms with Crippen molar-refractivity contribution in [1.82, 2.24) is 0 Å². The molecule has 1 rings (SSSR count). The van der Waals surface area contributed by atoms with Crippen molar-refractivity contribution < 1.29 is 13.9 Å². The highest BCUT2D eigenvalue weighted by Crippen LogP contribution is 2.38. The molecule has 0 radical (unpaired) electrons. The lowest BCUT2D eigenvalue weighted by atomic mass is 10.1. The van der Waals surface area contributed by atoms with Crippen LogP contribution in [0.5, 0.6) is 0 Å². The van der Waals surface area contributed by atoms with Gasteiger partial charge in [-0.1, -0.05) is 6.92 Å². The van der Waals surface area contributed by atoms with Crippen LogP contribution in [-0.4, -0.2) is 17.1 Å². The summed E-state index contributed by atoms with van der Waals surface area (Å²) in [4.78, 5) is 0. The van der Waals surface area contributed by atoms with E-state index in [-0.39, 0.29) is 12.3 Å². The average Bonchev–Trinajstić information content (AvgIpc) is 1.97. The standard InChI is InChI=1S/C6H10F2O/c1-4-2-3-6(7,8)5(4)9/h4-5,9H,2-3H2,1H3/t4-,5-/m1/s1. The molecule has 0 amide bonds. The molecular weight excluding hydrogens is 126 g/mol. The molecule has 3 heteroatoms. The van der Waals surface area contributed by atoms with Crippen LogP contribution in [0.3, 0.4) is 0 Å². The van der Waals surface area contributed by atoms with Crippen molar-refractivity contribution in [3.63, 3.8) is 0 Å². The first-order valence-corrected chi connectivity index (χ1v) is 3.10. The Balaban J connectivity index is 2.62.